The lowest BCUT2D eigenvalue weighted by atomic mass is 9.49. The second-order valence-corrected chi connectivity index (χ2v) is 10.7. The summed E-state index contributed by atoms with van der Waals surface area (Å²) in [6.45, 7) is 6.80. The molecular formula is C23H40ClN3O2. The van der Waals surface area contributed by atoms with Crippen LogP contribution in [0.1, 0.15) is 65.2 Å². The van der Waals surface area contributed by atoms with Crippen molar-refractivity contribution in [3.8, 4) is 0 Å². The van der Waals surface area contributed by atoms with E-state index < -0.39 is 0 Å². The van der Waals surface area contributed by atoms with Gasteiger partial charge in [0.05, 0.1) is 0 Å². The van der Waals surface area contributed by atoms with Crippen molar-refractivity contribution in [1.82, 2.24) is 15.5 Å². The lowest BCUT2D eigenvalue weighted by molar-refractivity contribution is -0.151. The van der Waals surface area contributed by atoms with E-state index in [0.29, 0.717) is 5.92 Å². The molecule has 4 saturated carbocycles. The van der Waals surface area contributed by atoms with Crippen molar-refractivity contribution in [1.29, 1.82) is 0 Å². The van der Waals surface area contributed by atoms with Crippen LogP contribution < -0.4 is 10.6 Å². The Hall–Kier alpha value is -0.810. The predicted octanol–water partition coefficient (Wildman–Crippen LogP) is 3.22. The number of nitrogens with zero attached hydrogens (tertiary/aromatic N) is 1. The average Bonchev–Trinajstić information content (AvgIpc) is 2.65. The lowest BCUT2D eigenvalue weighted by Gasteiger charge is -2.56. The number of likely N-dealkylation sites (tertiary alicyclic amines) is 1. The smallest absolute Gasteiger partial charge is 0.245 e. The average molecular weight is 426 g/mol. The molecule has 1 saturated heterocycles. The molecule has 5 aliphatic rings. The van der Waals surface area contributed by atoms with Gasteiger partial charge in [-0.05, 0) is 94.5 Å². The molecule has 0 aromatic heterocycles. The summed E-state index contributed by atoms with van der Waals surface area (Å²) in [6.07, 6.45) is 9.28. The Kier molecular flexibility index (Phi) is 7.20. The zero-order valence-electron chi connectivity index (χ0n) is 18.4. The van der Waals surface area contributed by atoms with Crippen LogP contribution in [0.15, 0.2) is 0 Å². The zero-order valence-corrected chi connectivity index (χ0v) is 19.2. The molecule has 2 amide bonds. The van der Waals surface area contributed by atoms with E-state index in [4.69, 9.17) is 0 Å². The van der Waals surface area contributed by atoms with Crippen LogP contribution in [0.25, 0.3) is 0 Å². The fourth-order valence-corrected chi connectivity index (χ4v) is 7.04. The van der Waals surface area contributed by atoms with Crippen LogP contribution in [-0.2, 0) is 9.59 Å². The number of rotatable bonds is 6. The maximum Gasteiger partial charge on any atom is 0.245 e. The second kappa shape index (κ2) is 9.13. The summed E-state index contributed by atoms with van der Waals surface area (Å²) in [4.78, 5) is 28.7. The molecule has 1 unspecified atom stereocenters. The molecule has 1 aliphatic heterocycles. The van der Waals surface area contributed by atoms with E-state index in [9.17, 15) is 9.59 Å². The van der Waals surface area contributed by atoms with Crippen molar-refractivity contribution < 1.29 is 9.59 Å². The Bertz CT molecular complexity index is 566. The fourth-order valence-electron chi connectivity index (χ4n) is 7.04. The monoisotopic (exact) mass is 425 g/mol. The van der Waals surface area contributed by atoms with Crippen molar-refractivity contribution in [2.75, 3.05) is 26.7 Å². The topological polar surface area (TPSA) is 61.4 Å². The van der Waals surface area contributed by atoms with Gasteiger partial charge in [0.2, 0.25) is 11.8 Å². The van der Waals surface area contributed by atoms with Gasteiger partial charge in [-0.25, -0.2) is 0 Å². The minimum absolute atomic E-state index is 0. The zero-order chi connectivity index (χ0) is 19.9. The Morgan fingerprint density at radius 1 is 1.00 bits per heavy atom. The first-order chi connectivity index (χ1) is 13.4. The van der Waals surface area contributed by atoms with Crippen molar-refractivity contribution in [2.45, 2.75) is 71.3 Å². The molecule has 4 bridgehead atoms. The first-order valence-corrected chi connectivity index (χ1v) is 11.6. The van der Waals surface area contributed by atoms with Crippen molar-refractivity contribution in [2.24, 2.45) is 35.0 Å². The van der Waals surface area contributed by atoms with Gasteiger partial charge in [-0.2, -0.15) is 0 Å². The maximum absolute atomic E-state index is 13.4. The third-order valence-electron chi connectivity index (χ3n) is 8.16. The van der Waals surface area contributed by atoms with Crippen LogP contribution in [-0.4, -0.2) is 49.4 Å². The number of hydrogen-bond acceptors (Lipinski definition) is 3. The lowest BCUT2D eigenvalue weighted by Crippen LogP contribution is -2.59. The van der Waals surface area contributed by atoms with Crippen LogP contribution in [0.3, 0.4) is 0 Å². The Morgan fingerprint density at radius 3 is 1.97 bits per heavy atom. The van der Waals surface area contributed by atoms with Crippen molar-refractivity contribution >= 4 is 24.2 Å². The molecule has 4 aliphatic carbocycles. The highest BCUT2D eigenvalue weighted by Gasteiger charge is 2.55. The molecule has 1 heterocycles. The highest BCUT2D eigenvalue weighted by Crippen LogP contribution is 2.60. The number of hydrogen-bond donors (Lipinski definition) is 2. The van der Waals surface area contributed by atoms with E-state index >= 15 is 0 Å². The summed E-state index contributed by atoms with van der Waals surface area (Å²) >= 11 is 0. The summed E-state index contributed by atoms with van der Waals surface area (Å²) in [6, 6.07) is -0.374. The fraction of sp³-hybridized carbons (Fsp3) is 0.913. The third kappa shape index (κ3) is 4.61. The van der Waals surface area contributed by atoms with Gasteiger partial charge in [-0.3, -0.25) is 9.59 Å². The molecule has 6 heteroatoms. The van der Waals surface area contributed by atoms with Gasteiger partial charge in [0.25, 0.3) is 0 Å². The van der Waals surface area contributed by atoms with Gasteiger partial charge in [0.15, 0.2) is 0 Å². The highest BCUT2D eigenvalue weighted by atomic mass is 35.5. The standard InChI is InChI=1S/C23H39N3O2.ClH/c1-15(2)20(21(27)26-6-4-16(5-7-26)14-24-3)25-22(28)23-11-17-8-18(12-23)10-19(9-17)13-23;/h15-20,24H,4-14H2,1-3H3,(H,25,28);1H. The summed E-state index contributed by atoms with van der Waals surface area (Å²) in [5, 5.41) is 6.52. The number of carbonyl (C=O) groups is 2. The number of carbonyl (C=O) groups excluding carboxylic acids is 2. The van der Waals surface area contributed by atoms with Gasteiger partial charge in [-0.15, -0.1) is 12.4 Å². The molecule has 5 fully saturated rings. The van der Waals surface area contributed by atoms with Gasteiger partial charge >= 0.3 is 0 Å². The van der Waals surface area contributed by atoms with E-state index in [0.717, 1.165) is 69.5 Å². The first-order valence-electron chi connectivity index (χ1n) is 11.6. The van der Waals surface area contributed by atoms with Gasteiger partial charge in [0.1, 0.15) is 6.04 Å². The van der Waals surface area contributed by atoms with Gasteiger partial charge < -0.3 is 15.5 Å². The van der Waals surface area contributed by atoms with Crippen molar-refractivity contribution in [3.05, 3.63) is 0 Å². The third-order valence-corrected chi connectivity index (χ3v) is 8.16. The molecule has 5 nitrogen and oxygen atoms in total. The first kappa shape index (κ1) is 22.9. The SMILES string of the molecule is CNCC1CCN(C(=O)C(NC(=O)C23CC4CC(CC(C4)C2)C3)C(C)C)CC1.Cl. The van der Waals surface area contributed by atoms with Crippen molar-refractivity contribution in [3.63, 3.8) is 0 Å². The van der Waals surface area contributed by atoms with Crippen LogP contribution in [0, 0.1) is 35.0 Å². The minimum Gasteiger partial charge on any atom is -0.344 e. The van der Waals surface area contributed by atoms with E-state index in [1.165, 1.54) is 19.3 Å². The molecule has 29 heavy (non-hydrogen) atoms. The number of amides is 2. The summed E-state index contributed by atoms with van der Waals surface area (Å²) in [5.74, 6) is 3.34. The number of piperidine rings is 1. The maximum atomic E-state index is 13.4. The minimum atomic E-state index is -0.374. The van der Waals surface area contributed by atoms with E-state index in [-0.39, 0.29) is 41.6 Å². The normalized spacial score (nSPS) is 34.8. The largest absolute Gasteiger partial charge is 0.344 e. The molecular weight excluding hydrogens is 386 g/mol. The van der Waals surface area contributed by atoms with Crippen LogP contribution >= 0.6 is 12.4 Å². The quantitative estimate of drug-likeness (QED) is 0.686. The number of halogens is 1. The second-order valence-electron chi connectivity index (χ2n) is 10.7. The number of nitrogens with one attached hydrogen (secondary N) is 2. The van der Waals surface area contributed by atoms with Crippen LogP contribution in [0.5, 0.6) is 0 Å². The summed E-state index contributed by atoms with van der Waals surface area (Å²) in [7, 11) is 1.99. The predicted molar refractivity (Wildman–Crippen MR) is 118 cm³/mol. The molecule has 0 aromatic rings. The van der Waals surface area contributed by atoms with E-state index in [2.05, 4.69) is 24.5 Å². The Labute approximate surface area is 182 Å². The van der Waals surface area contributed by atoms with Gasteiger partial charge in [-0.1, -0.05) is 13.8 Å². The Balaban J connectivity index is 0.00000240. The molecule has 0 aromatic carbocycles. The molecule has 5 rings (SSSR count). The van der Waals surface area contributed by atoms with Crippen LogP contribution in [0.4, 0.5) is 0 Å². The molecule has 0 radical (unpaired) electrons. The van der Waals surface area contributed by atoms with E-state index in [1.54, 1.807) is 0 Å². The molecule has 1 atom stereocenters. The van der Waals surface area contributed by atoms with Crippen LogP contribution in [0.2, 0.25) is 0 Å². The summed E-state index contributed by atoms with van der Waals surface area (Å²) < 4.78 is 0. The Morgan fingerprint density at radius 2 is 1.52 bits per heavy atom. The molecule has 0 spiro atoms. The summed E-state index contributed by atoms with van der Waals surface area (Å²) in [5.41, 5.74) is -0.179. The van der Waals surface area contributed by atoms with Gasteiger partial charge in [0, 0.05) is 18.5 Å². The molecule has 2 N–H and O–H groups in total. The highest BCUT2D eigenvalue weighted by molar-refractivity contribution is 5.90. The molecule has 166 valence electrons. The van der Waals surface area contributed by atoms with E-state index in [1.807, 2.05) is 11.9 Å².